The molecule has 0 bridgehead atoms. The summed E-state index contributed by atoms with van der Waals surface area (Å²) >= 11 is 2.25. The fourth-order valence-electron chi connectivity index (χ4n) is 1.69. The second kappa shape index (κ2) is 7.66. The standard InChI is InChI=1S/C13H15F2N3O3S3/c14-13(15,7-16)8-17-12(19)11-10(3-5-23-11)24(20,21)18-6-9-2-1-4-22-9/h1-5,18H,6-8,16H2,(H,17,19). The highest BCUT2D eigenvalue weighted by Gasteiger charge is 2.29. The molecule has 24 heavy (non-hydrogen) atoms. The second-order valence-corrected chi connectivity index (χ2v) is 8.44. The molecule has 6 nitrogen and oxygen atoms in total. The van der Waals surface area contributed by atoms with E-state index in [1.165, 1.54) is 22.8 Å². The van der Waals surface area contributed by atoms with Crippen molar-refractivity contribution in [2.75, 3.05) is 13.1 Å². The molecule has 0 aliphatic carbocycles. The maximum atomic E-state index is 13.1. The summed E-state index contributed by atoms with van der Waals surface area (Å²) in [6.07, 6.45) is 0. The SMILES string of the molecule is NCC(F)(F)CNC(=O)c1sccc1S(=O)(=O)NCc1cccs1. The molecule has 1 amide bonds. The first kappa shape index (κ1) is 18.9. The Morgan fingerprint density at radius 3 is 2.62 bits per heavy atom. The van der Waals surface area contributed by atoms with Gasteiger partial charge in [0.05, 0.1) is 13.1 Å². The van der Waals surface area contributed by atoms with Gasteiger partial charge in [0.1, 0.15) is 9.77 Å². The Hall–Kier alpha value is -1.40. The van der Waals surface area contributed by atoms with Gasteiger partial charge in [-0.2, -0.15) is 0 Å². The Kier molecular flexibility index (Phi) is 6.04. The molecule has 11 heteroatoms. The highest BCUT2D eigenvalue weighted by atomic mass is 32.2. The quantitative estimate of drug-likeness (QED) is 0.632. The number of halogens is 2. The van der Waals surface area contributed by atoms with E-state index in [1.54, 1.807) is 12.1 Å². The molecule has 0 aliphatic heterocycles. The third-order valence-corrected chi connectivity index (χ3v) is 6.31. The van der Waals surface area contributed by atoms with Crippen LogP contribution in [0.4, 0.5) is 8.78 Å². The van der Waals surface area contributed by atoms with Gasteiger partial charge in [0.2, 0.25) is 10.0 Å². The van der Waals surface area contributed by atoms with Gasteiger partial charge in [-0.15, -0.1) is 22.7 Å². The lowest BCUT2D eigenvalue weighted by atomic mass is 10.3. The average molecular weight is 395 g/mol. The van der Waals surface area contributed by atoms with Gasteiger partial charge >= 0.3 is 0 Å². The molecule has 132 valence electrons. The number of hydrogen-bond donors (Lipinski definition) is 3. The molecule has 0 atom stereocenters. The first-order chi connectivity index (χ1) is 11.2. The van der Waals surface area contributed by atoms with Crippen molar-refractivity contribution in [1.82, 2.24) is 10.0 Å². The van der Waals surface area contributed by atoms with E-state index in [-0.39, 0.29) is 16.3 Å². The van der Waals surface area contributed by atoms with Crippen LogP contribution >= 0.6 is 22.7 Å². The van der Waals surface area contributed by atoms with Crippen LogP contribution in [0.2, 0.25) is 0 Å². The molecule has 0 unspecified atom stereocenters. The van der Waals surface area contributed by atoms with Crippen molar-refractivity contribution < 1.29 is 22.0 Å². The molecule has 2 rings (SSSR count). The van der Waals surface area contributed by atoms with Crippen molar-refractivity contribution in [2.24, 2.45) is 5.73 Å². The minimum atomic E-state index is -3.93. The first-order valence-electron chi connectivity index (χ1n) is 6.71. The Bertz CT molecular complexity index is 788. The Balaban J connectivity index is 2.09. The molecule has 2 heterocycles. The number of carbonyl (C=O) groups excluding carboxylic acids is 1. The molecule has 2 aromatic heterocycles. The molecule has 2 aromatic rings. The molecule has 0 spiro atoms. The van der Waals surface area contributed by atoms with Gasteiger partial charge in [-0.25, -0.2) is 21.9 Å². The zero-order valence-corrected chi connectivity index (χ0v) is 14.7. The van der Waals surface area contributed by atoms with Crippen LogP contribution < -0.4 is 15.8 Å². The Labute approximate surface area is 145 Å². The van der Waals surface area contributed by atoms with Crippen molar-refractivity contribution in [2.45, 2.75) is 17.4 Å². The topological polar surface area (TPSA) is 101 Å². The zero-order chi connectivity index (χ0) is 17.8. The van der Waals surface area contributed by atoms with E-state index in [4.69, 9.17) is 5.73 Å². The number of hydrogen-bond acceptors (Lipinski definition) is 6. The maximum absolute atomic E-state index is 13.1. The number of sulfonamides is 1. The third kappa shape index (κ3) is 4.80. The van der Waals surface area contributed by atoms with Crippen LogP contribution in [0.25, 0.3) is 0 Å². The van der Waals surface area contributed by atoms with E-state index in [9.17, 15) is 22.0 Å². The lowest BCUT2D eigenvalue weighted by Crippen LogP contribution is -2.41. The minimum absolute atomic E-state index is 0.0855. The number of alkyl halides is 2. The molecule has 0 saturated carbocycles. The lowest BCUT2D eigenvalue weighted by molar-refractivity contribution is 0.0119. The summed E-state index contributed by atoms with van der Waals surface area (Å²) in [7, 11) is -3.93. The molecule has 0 saturated heterocycles. The maximum Gasteiger partial charge on any atom is 0.277 e. The summed E-state index contributed by atoms with van der Waals surface area (Å²) in [6.45, 7) is -1.78. The monoisotopic (exact) mass is 395 g/mol. The van der Waals surface area contributed by atoms with Gasteiger partial charge in [-0.1, -0.05) is 6.07 Å². The molecule has 0 radical (unpaired) electrons. The van der Waals surface area contributed by atoms with Crippen LogP contribution in [0.3, 0.4) is 0 Å². The molecular formula is C13H15F2N3O3S3. The number of carbonyl (C=O) groups is 1. The van der Waals surface area contributed by atoms with Crippen molar-refractivity contribution >= 4 is 38.6 Å². The number of nitrogens with one attached hydrogen (secondary N) is 2. The number of rotatable bonds is 8. The zero-order valence-electron chi connectivity index (χ0n) is 12.3. The Morgan fingerprint density at radius 1 is 1.25 bits per heavy atom. The van der Waals surface area contributed by atoms with E-state index < -0.39 is 34.9 Å². The van der Waals surface area contributed by atoms with Gasteiger partial charge in [0, 0.05) is 11.4 Å². The molecular weight excluding hydrogens is 380 g/mol. The predicted molar refractivity (Wildman–Crippen MR) is 89.0 cm³/mol. The van der Waals surface area contributed by atoms with Gasteiger partial charge in [-0.3, -0.25) is 4.79 Å². The molecule has 4 N–H and O–H groups in total. The smallest absolute Gasteiger partial charge is 0.277 e. The number of thiophene rings is 2. The fourth-order valence-corrected chi connectivity index (χ4v) is 4.78. The lowest BCUT2D eigenvalue weighted by Gasteiger charge is -2.14. The van der Waals surface area contributed by atoms with E-state index >= 15 is 0 Å². The molecule has 0 aliphatic rings. The van der Waals surface area contributed by atoms with E-state index in [0.29, 0.717) is 0 Å². The van der Waals surface area contributed by atoms with E-state index in [1.807, 2.05) is 10.7 Å². The predicted octanol–water partition coefficient (Wildman–Crippen LogP) is 1.61. The highest BCUT2D eigenvalue weighted by molar-refractivity contribution is 7.89. The van der Waals surface area contributed by atoms with Crippen LogP contribution in [0.5, 0.6) is 0 Å². The third-order valence-electron chi connectivity index (χ3n) is 2.95. The van der Waals surface area contributed by atoms with Gasteiger partial charge < -0.3 is 11.1 Å². The van der Waals surface area contributed by atoms with Gasteiger partial charge in [0.15, 0.2) is 0 Å². The van der Waals surface area contributed by atoms with Crippen molar-refractivity contribution in [1.29, 1.82) is 0 Å². The van der Waals surface area contributed by atoms with Crippen LogP contribution in [0.1, 0.15) is 14.5 Å². The van der Waals surface area contributed by atoms with E-state index in [2.05, 4.69) is 4.72 Å². The van der Waals surface area contributed by atoms with Crippen LogP contribution in [0, 0.1) is 0 Å². The van der Waals surface area contributed by atoms with Crippen molar-refractivity contribution in [3.8, 4) is 0 Å². The fraction of sp³-hybridized carbons (Fsp3) is 0.308. The minimum Gasteiger partial charge on any atom is -0.345 e. The summed E-state index contributed by atoms with van der Waals surface area (Å²) in [5.41, 5.74) is 4.89. The van der Waals surface area contributed by atoms with Crippen molar-refractivity contribution in [3.63, 3.8) is 0 Å². The largest absolute Gasteiger partial charge is 0.345 e. The highest BCUT2D eigenvalue weighted by Crippen LogP contribution is 2.23. The van der Waals surface area contributed by atoms with E-state index in [0.717, 1.165) is 16.2 Å². The number of nitrogens with two attached hydrogens (primary N) is 1. The summed E-state index contributed by atoms with van der Waals surface area (Å²) < 4.78 is 53.2. The Morgan fingerprint density at radius 2 is 2.00 bits per heavy atom. The number of amides is 1. The summed E-state index contributed by atoms with van der Waals surface area (Å²) in [5.74, 6) is -4.13. The van der Waals surface area contributed by atoms with Crippen molar-refractivity contribution in [3.05, 3.63) is 38.7 Å². The average Bonchev–Trinajstić information content (AvgIpc) is 3.22. The van der Waals surface area contributed by atoms with Gasteiger partial charge in [-0.05, 0) is 22.9 Å². The van der Waals surface area contributed by atoms with Crippen LogP contribution in [0.15, 0.2) is 33.9 Å². The second-order valence-electron chi connectivity index (χ2n) is 4.76. The summed E-state index contributed by atoms with van der Waals surface area (Å²) in [6, 6.07) is 4.82. The normalized spacial score (nSPS) is 12.3. The molecule has 0 aromatic carbocycles. The van der Waals surface area contributed by atoms with Gasteiger partial charge in [0.25, 0.3) is 11.8 Å². The molecule has 0 fully saturated rings. The first-order valence-corrected chi connectivity index (χ1v) is 9.95. The van der Waals surface area contributed by atoms with Crippen LogP contribution in [-0.4, -0.2) is 33.3 Å². The summed E-state index contributed by atoms with van der Waals surface area (Å²) in [5, 5.41) is 5.23. The van der Waals surface area contributed by atoms with Crippen LogP contribution in [-0.2, 0) is 16.6 Å². The summed E-state index contributed by atoms with van der Waals surface area (Å²) in [4.78, 5) is 12.4.